The van der Waals surface area contributed by atoms with E-state index in [0.717, 1.165) is 34.2 Å². The summed E-state index contributed by atoms with van der Waals surface area (Å²) in [5.74, 6) is -3.60. The normalized spacial score (nSPS) is 13.1. The minimum Gasteiger partial charge on any atom is -0.448 e. The molecule has 2 aliphatic rings. The lowest BCUT2D eigenvalue weighted by Crippen LogP contribution is -2.53. The number of carbonyl (C=O) groups excluding carboxylic acids is 5. The topological polar surface area (TPSA) is 193 Å². The molecule has 0 spiro atoms. The fourth-order valence-electron chi connectivity index (χ4n) is 9.95. The molecule has 79 heavy (non-hydrogen) atoms. The van der Waals surface area contributed by atoms with Gasteiger partial charge in [-0.25, -0.2) is 23.5 Å². The quantitative estimate of drug-likeness (QED) is 0.0741. The largest absolute Gasteiger partial charge is 0.448 e. The van der Waals surface area contributed by atoms with Gasteiger partial charge in [0.05, 0.1) is 41.1 Å². The van der Waals surface area contributed by atoms with E-state index in [1.54, 1.807) is 51.1 Å². The third-order valence-corrected chi connectivity index (χ3v) is 13.9. The highest BCUT2D eigenvalue weighted by molar-refractivity contribution is 6.04. The van der Waals surface area contributed by atoms with Crippen LogP contribution < -0.4 is 16.2 Å². The summed E-state index contributed by atoms with van der Waals surface area (Å²) >= 11 is 0. The fourth-order valence-corrected chi connectivity index (χ4v) is 9.95. The van der Waals surface area contributed by atoms with Gasteiger partial charge in [0.25, 0.3) is 17.4 Å². The van der Waals surface area contributed by atoms with Crippen molar-refractivity contribution in [2.24, 2.45) is 0 Å². The number of nitrogens with one attached hydrogen (secondary N) is 3. The number of anilines is 1. The second kappa shape index (κ2) is 24.3. The predicted octanol–water partition coefficient (Wildman–Crippen LogP) is 9.35. The third kappa shape index (κ3) is 13.0. The van der Waals surface area contributed by atoms with Crippen molar-refractivity contribution in [1.29, 1.82) is 0 Å². The number of hydrogen-bond acceptors (Lipinski definition) is 10. The molecule has 5 amide bonds. The molecule has 1 aromatic heterocycles. The average Bonchev–Trinajstić information content (AvgIpc) is 3.99. The number of aromatic amines is 1. The zero-order valence-electron chi connectivity index (χ0n) is 44.4. The van der Waals surface area contributed by atoms with Crippen LogP contribution in [0.4, 0.5) is 24.1 Å². The summed E-state index contributed by atoms with van der Waals surface area (Å²) in [7, 11) is 0. The molecule has 18 heteroatoms. The van der Waals surface area contributed by atoms with Crippen LogP contribution in [0.3, 0.4) is 0 Å². The van der Waals surface area contributed by atoms with E-state index in [-0.39, 0.29) is 94.8 Å². The Balaban J connectivity index is 0.836. The number of hydrogen-bond donors (Lipinski definition) is 3. The van der Waals surface area contributed by atoms with Crippen molar-refractivity contribution < 1.29 is 47.0 Å². The molecule has 1 saturated heterocycles. The van der Waals surface area contributed by atoms with Crippen molar-refractivity contribution >= 4 is 46.4 Å². The molecule has 0 bridgehead atoms. The first-order valence-electron chi connectivity index (χ1n) is 26.3. The number of H-pyrrole nitrogens is 1. The summed E-state index contributed by atoms with van der Waals surface area (Å²) < 4.78 is 48.6. The van der Waals surface area contributed by atoms with Gasteiger partial charge >= 0.3 is 12.2 Å². The van der Waals surface area contributed by atoms with E-state index in [0.29, 0.717) is 33.2 Å². The Morgan fingerprint density at radius 1 is 0.747 bits per heavy atom. The van der Waals surface area contributed by atoms with E-state index < -0.39 is 52.7 Å². The van der Waals surface area contributed by atoms with Gasteiger partial charge < -0.3 is 29.3 Å². The van der Waals surface area contributed by atoms with Gasteiger partial charge in [0.15, 0.2) is 0 Å². The van der Waals surface area contributed by atoms with Gasteiger partial charge in [0.2, 0.25) is 5.91 Å². The number of benzene rings is 6. The molecule has 2 heterocycles. The number of nitrogens with zero attached hydrogens (tertiary/aromatic N) is 4. The molecule has 3 N–H and O–H groups in total. The van der Waals surface area contributed by atoms with E-state index in [1.165, 1.54) is 39.0 Å². The molecule has 408 valence electrons. The van der Waals surface area contributed by atoms with Crippen LogP contribution in [0.15, 0.2) is 132 Å². The summed E-state index contributed by atoms with van der Waals surface area (Å²) in [4.78, 5) is 85.1. The van der Waals surface area contributed by atoms with E-state index in [4.69, 9.17) is 14.2 Å². The van der Waals surface area contributed by atoms with Crippen molar-refractivity contribution in [2.45, 2.75) is 52.1 Å². The molecule has 0 unspecified atom stereocenters. The minimum atomic E-state index is -0.872. The highest BCUT2D eigenvalue weighted by Crippen LogP contribution is 2.44. The second-order valence-electron chi connectivity index (χ2n) is 20.4. The van der Waals surface area contributed by atoms with E-state index in [9.17, 15) is 28.8 Å². The number of ether oxygens (including phenoxy) is 3. The molecule has 1 fully saturated rings. The van der Waals surface area contributed by atoms with Gasteiger partial charge in [0, 0.05) is 57.0 Å². The number of aryl methyl sites for hydroxylation is 1. The Hall–Kier alpha value is -8.77. The Kier molecular flexibility index (Phi) is 16.9. The first kappa shape index (κ1) is 55.0. The SMILES string of the molecule is CCc1cccc(-c2cc(F)c(C(=O)NCCOCCN(CC(=O)N3CCN(C(=O)c4cc(Cc5n[nH]c(=O)c6ccccc56)ccc4F)CC3)C(=O)OCC3c4ccccc4-c4ccccc43)c(NC(=O)OC(C)(C)C)c2)c1. The molecule has 1 aliphatic carbocycles. The van der Waals surface area contributed by atoms with Gasteiger partial charge in [-0.05, 0) is 102 Å². The number of piperazine rings is 1. The maximum absolute atomic E-state index is 16.0. The molecule has 0 atom stereocenters. The number of halogens is 2. The zero-order valence-corrected chi connectivity index (χ0v) is 44.4. The van der Waals surface area contributed by atoms with Gasteiger partial charge in [-0.3, -0.25) is 29.4 Å². The zero-order chi connectivity index (χ0) is 55.8. The molecule has 1 aliphatic heterocycles. The Morgan fingerprint density at radius 2 is 1.43 bits per heavy atom. The summed E-state index contributed by atoms with van der Waals surface area (Å²) in [6, 6.07) is 37.4. The lowest BCUT2D eigenvalue weighted by atomic mass is 9.98. The number of rotatable bonds is 17. The van der Waals surface area contributed by atoms with Crippen LogP contribution in [-0.2, 0) is 31.8 Å². The van der Waals surface area contributed by atoms with Crippen LogP contribution in [0.5, 0.6) is 0 Å². The molecule has 7 aromatic rings. The summed E-state index contributed by atoms with van der Waals surface area (Å²) in [6.07, 6.45) is -0.653. The van der Waals surface area contributed by atoms with Crippen molar-refractivity contribution in [3.8, 4) is 22.3 Å². The van der Waals surface area contributed by atoms with E-state index in [1.807, 2.05) is 79.7 Å². The monoisotopic (exact) mass is 1070 g/mol. The standard InChI is InChI=1S/C61H61F2N7O9/c1-5-38-13-12-14-40(31-38)41-34-51(63)55(53(35-41)65-59(75)79-61(2,3)4)57(73)64-23-29-77-30-28-70(60(76)78-37-49-44-17-8-6-15-42(44)43-16-7-9-18-45(43)49)36-54(71)68-24-26-69(27-25-68)58(74)48-32-39(21-22-50(48)62)33-52-46-19-10-11-20-47(46)56(72)67-66-52/h6-22,31-32,34-35,49H,5,23-30,33,36-37H2,1-4H3,(H,64,73)(H,65,75)(H,67,72). The molecule has 0 saturated carbocycles. The summed E-state index contributed by atoms with van der Waals surface area (Å²) in [6.45, 7) is 6.73. The van der Waals surface area contributed by atoms with Crippen LogP contribution >= 0.6 is 0 Å². The van der Waals surface area contributed by atoms with Gasteiger partial charge in [-0.15, -0.1) is 0 Å². The van der Waals surface area contributed by atoms with Crippen LogP contribution in [0.1, 0.15) is 82.3 Å². The van der Waals surface area contributed by atoms with Crippen molar-refractivity contribution in [3.63, 3.8) is 0 Å². The summed E-state index contributed by atoms with van der Waals surface area (Å²) in [5, 5.41) is 13.0. The maximum atomic E-state index is 16.0. The van der Waals surface area contributed by atoms with Gasteiger partial charge in [-0.2, -0.15) is 5.10 Å². The fraction of sp³-hybridized carbons (Fsp3) is 0.295. The molecule has 0 radical (unpaired) electrons. The lowest BCUT2D eigenvalue weighted by molar-refractivity contribution is -0.133. The first-order chi connectivity index (χ1) is 38.0. The van der Waals surface area contributed by atoms with E-state index >= 15 is 8.78 Å². The second-order valence-corrected chi connectivity index (χ2v) is 20.4. The van der Waals surface area contributed by atoms with Crippen molar-refractivity contribution in [2.75, 3.05) is 71.0 Å². The number of carbonyl (C=O) groups is 5. The maximum Gasteiger partial charge on any atom is 0.412 e. The molecule has 6 aromatic carbocycles. The Bertz CT molecular complexity index is 3450. The van der Waals surface area contributed by atoms with Crippen LogP contribution in [0.25, 0.3) is 33.0 Å². The van der Waals surface area contributed by atoms with Crippen molar-refractivity contribution in [1.82, 2.24) is 30.2 Å². The van der Waals surface area contributed by atoms with Gasteiger partial charge in [0.1, 0.15) is 30.4 Å². The average molecular weight is 1070 g/mol. The Labute approximate surface area is 455 Å². The highest BCUT2D eigenvalue weighted by atomic mass is 19.1. The lowest BCUT2D eigenvalue weighted by Gasteiger charge is -2.36. The van der Waals surface area contributed by atoms with Gasteiger partial charge in [-0.1, -0.05) is 104 Å². The highest BCUT2D eigenvalue weighted by Gasteiger charge is 2.32. The Morgan fingerprint density at radius 3 is 2.14 bits per heavy atom. The molecular formula is C61H61F2N7O9. The first-order valence-corrected chi connectivity index (χ1v) is 26.3. The number of fused-ring (bicyclic) bond motifs is 4. The number of amides is 5. The smallest absolute Gasteiger partial charge is 0.412 e. The predicted molar refractivity (Wildman–Crippen MR) is 295 cm³/mol. The van der Waals surface area contributed by atoms with Crippen molar-refractivity contribution in [3.05, 3.63) is 188 Å². The van der Waals surface area contributed by atoms with Crippen LogP contribution in [-0.4, -0.2) is 126 Å². The summed E-state index contributed by atoms with van der Waals surface area (Å²) in [5.41, 5.74) is 5.60. The number of aromatic nitrogens is 2. The molecule has 9 rings (SSSR count). The van der Waals surface area contributed by atoms with Crippen LogP contribution in [0.2, 0.25) is 0 Å². The molecule has 16 nitrogen and oxygen atoms in total. The van der Waals surface area contributed by atoms with Crippen LogP contribution in [0, 0.1) is 11.6 Å². The third-order valence-electron chi connectivity index (χ3n) is 13.9. The van der Waals surface area contributed by atoms with E-state index in [2.05, 4.69) is 20.8 Å². The molecular weight excluding hydrogens is 1010 g/mol. The minimum absolute atomic E-state index is 0.00557.